The zero-order valence-electron chi connectivity index (χ0n) is 15.1. The van der Waals surface area contributed by atoms with Crippen LogP contribution in [0.2, 0.25) is 0 Å². The van der Waals surface area contributed by atoms with Crippen molar-refractivity contribution in [1.29, 1.82) is 0 Å². The van der Waals surface area contributed by atoms with E-state index in [0.717, 1.165) is 32.1 Å². The molecule has 0 spiro atoms. The molecule has 0 radical (unpaired) electrons. The predicted octanol–water partition coefficient (Wildman–Crippen LogP) is 3.93. The second-order valence-electron chi connectivity index (χ2n) is 6.14. The van der Waals surface area contributed by atoms with Gasteiger partial charge in [-0.2, -0.15) is 0 Å². The van der Waals surface area contributed by atoms with Gasteiger partial charge in [0.05, 0.1) is 6.54 Å². The zero-order valence-corrected chi connectivity index (χ0v) is 15.1. The molecule has 0 aliphatic rings. The zero-order chi connectivity index (χ0) is 18.0. The molecule has 0 aromatic heterocycles. The number of urea groups is 1. The lowest BCUT2D eigenvalue weighted by atomic mass is 10.1. The Bertz CT molecular complexity index is 393. The van der Waals surface area contributed by atoms with Crippen molar-refractivity contribution in [2.75, 3.05) is 13.1 Å². The molecule has 0 saturated carbocycles. The van der Waals surface area contributed by atoms with Gasteiger partial charge >= 0.3 is 6.03 Å². The maximum atomic E-state index is 12.1. The third-order valence-electron chi connectivity index (χ3n) is 4.03. The molecule has 2 N–H and O–H groups in total. The number of nitrogens with zero attached hydrogens (tertiary/aromatic N) is 2. The fourth-order valence-corrected chi connectivity index (χ4v) is 2.59. The highest BCUT2D eigenvalue weighted by Crippen LogP contribution is 2.10. The van der Waals surface area contributed by atoms with E-state index in [1.165, 1.54) is 43.1 Å². The first-order valence-electron chi connectivity index (χ1n) is 9.26. The van der Waals surface area contributed by atoms with Crippen molar-refractivity contribution in [2.24, 2.45) is 10.7 Å². The monoisotopic (exact) mass is 339 g/mol. The van der Waals surface area contributed by atoms with Crippen LogP contribution in [-0.2, 0) is 9.59 Å². The van der Waals surface area contributed by atoms with Crippen molar-refractivity contribution in [3.05, 3.63) is 0 Å². The number of nitrogens with two attached hydrogens (primary N) is 1. The van der Waals surface area contributed by atoms with E-state index in [2.05, 4.69) is 11.9 Å². The maximum Gasteiger partial charge on any atom is 0.321 e. The lowest BCUT2D eigenvalue weighted by Gasteiger charge is -2.18. The molecular weight excluding hydrogens is 306 g/mol. The third-order valence-corrected chi connectivity index (χ3v) is 4.03. The summed E-state index contributed by atoms with van der Waals surface area (Å²) in [4.78, 5) is 38.0. The van der Waals surface area contributed by atoms with Gasteiger partial charge < -0.3 is 5.73 Å². The summed E-state index contributed by atoms with van der Waals surface area (Å²) in [5, 5.41) is 0. The molecule has 0 heterocycles. The molecule has 0 rings (SSSR count). The molecule has 6 nitrogen and oxygen atoms in total. The molecule has 0 aliphatic carbocycles. The Kier molecular flexibility index (Phi) is 15.1. The number of rotatable bonds is 15. The van der Waals surface area contributed by atoms with Gasteiger partial charge in [-0.15, -0.1) is 0 Å². The second kappa shape index (κ2) is 16.2. The van der Waals surface area contributed by atoms with Gasteiger partial charge in [-0.3, -0.25) is 9.69 Å². The van der Waals surface area contributed by atoms with Crippen molar-refractivity contribution in [3.63, 3.8) is 0 Å². The molecule has 138 valence electrons. The van der Waals surface area contributed by atoms with E-state index in [-0.39, 0.29) is 5.91 Å². The molecule has 0 saturated heterocycles. The number of isocyanates is 1. The maximum absolute atomic E-state index is 12.1. The molecule has 0 fully saturated rings. The number of aliphatic imine (C=N–C) groups is 1. The van der Waals surface area contributed by atoms with Gasteiger partial charge in [0.15, 0.2) is 0 Å². The lowest BCUT2D eigenvalue weighted by Crippen LogP contribution is -2.41. The molecule has 3 amide bonds. The van der Waals surface area contributed by atoms with E-state index >= 15 is 0 Å². The average Bonchev–Trinajstić information content (AvgIpc) is 2.56. The fourth-order valence-electron chi connectivity index (χ4n) is 2.59. The quantitative estimate of drug-likeness (QED) is 0.278. The summed E-state index contributed by atoms with van der Waals surface area (Å²) in [6, 6.07) is -0.659. The molecule has 0 aliphatic heterocycles. The van der Waals surface area contributed by atoms with Crippen LogP contribution >= 0.6 is 0 Å². The summed E-state index contributed by atoms with van der Waals surface area (Å²) in [5.41, 5.74) is 5.31. The summed E-state index contributed by atoms with van der Waals surface area (Å²) >= 11 is 0. The van der Waals surface area contributed by atoms with Gasteiger partial charge in [-0.05, 0) is 19.3 Å². The molecule has 0 unspecified atom stereocenters. The van der Waals surface area contributed by atoms with Crippen LogP contribution < -0.4 is 5.73 Å². The van der Waals surface area contributed by atoms with Crippen LogP contribution in [0.1, 0.15) is 84.0 Å². The topological polar surface area (TPSA) is 92.8 Å². The summed E-state index contributed by atoms with van der Waals surface area (Å²) in [7, 11) is 0. The van der Waals surface area contributed by atoms with Crippen LogP contribution in [0.15, 0.2) is 4.99 Å². The smallest absolute Gasteiger partial charge is 0.321 e. The second-order valence-corrected chi connectivity index (χ2v) is 6.14. The highest BCUT2D eigenvalue weighted by atomic mass is 16.2. The fraction of sp³-hybridized carbons (Fsp3) is 0.833. The summed E-state index contributed by atoms with van der Waals surface area (Å²) in [5.74, 6) is -0.204. The first kappa shape index (κ1) is 22.3. The number of carbonyl (C=O) groups is 2. The molecule has 0 atom stereocenters. The Morgan fingerprint density at radius 1 is 0.917 bits per heavy atom. The van der Waals surface area contributed by atoms with Crippen molar-refractivity contribution in [3.8, 4) is 0 Å². The molecular formula is C18H33N3O3. The van der Waals surface area contributed by atoms with Crippen LogP contribution in [0, 0.1) is 0 Å². The van der Waals surface area contributed by atoms with Crippen molar-refractivity contribution >= 4 is 18.0 Å². The lowest BCUT2D eigenvalue weighted by molar-refractivity contribution is -0.128. The largest absolute Gasteiger partial charge is 0.351 e. The Labute approximate surface area is 145 Å². The standard InChI is InChI=1S/C18H33N3O3/c1-2-3-4-5-6-7-8-12-15-21(18(19)24)17(23)13-10-9-11-14-20-16-22/h2-15H2,1H3,(H2,19,24). The van der Waals surface area contributed by atoms with Crippen LogP contribution in [0.4, 0.5) is 4.79 Å². The van der Waals surface area contributed by atoms with E-state index in [9.17, 15) is 14.4 Å². The first-order valence-corrected chi connectivity index (χ1v) is 9.26. The molecule has 0 bridgehead atoms. The van der Waals surface area contributed by atoms with Gasteiger partial charge in [0.1, 0.15) is 0 Å². The third kappa shape index (κ3) is 12.8. The van der Waals surface area contributed by atoms with Gasteiger partial charge in [0.25, 0.3) is 0 Å². The highest BCUT2D eigenvalue weighted by Gasteiger charge is 2.17. The first-order chi connectivity index (χ1) is 11.6. The minimum absolute atomic E-state index is 0.204. The number of hydrogen-bond donors (Lipinski definition) is 1. The molecule has 0 aromatic carbocycles. The number of amides is 3. The SMILES string of the molecule is CCCCCCCCCCN(C(N)=O)C(=O)CCCCCN=C=O. The summed E-state index contributed by atoms with van der Waals surface area (Å²) in [6.45, 7) is 3.06. The number of unbranched alkanes of at least 4 members (excludes halogenated alkanes) is 9. The van der Waals surface area contributed by atoms with Crippen LogP contribution in [0.25, 0.3) is 0 Å². The number of primary amides is 1. The van der Waals surface area contributed by atoms with Crippen molar-refractivity contribution in [2.45, 2.75) is 84.0 Å². The Balaban J connectivity index is 3.80. The predicted molar refractivity (Wildman–Crippen MR) is 95.4 cm³/mol. The Morgan fingerprint density at radius 2 is 1.50 bits per heavy atom. The minimum atomic E-state index is -0.659. The minimum Gasteiger partial charge on any atom is -0.351 e. The van der Waals surface area contributed by atoms with E-state index in [1.807, 2.05) is 0 Å². The molecule has 24 heavy (non-hydrogen) atoms. The van der Waals surface area contributed by atoms with E-state index in [0.29, 0.717) is 25.9 Å². The van der Waals surface area contributed by atoms with E-state index < -0.39 is 6.03 Å². The summed E-state index contributed by atoms with van der Waals surface area (Å²) in [6.07, 6.45) is 13.3. The van der Waals surface area contributed by atoms with E-state index in [4.69, 9.17) is 5.73 Å². The van der Waals surface area contributed by atoms with Gasteiger partial charge in [-0.1, -0.05) is 58.3 Å². The Morgan fingerprint density at radius 3 is 2.08 bits per heavy atom. The average molecular weight is 339 g/mol. The van der Waals surface area contributed by atoms with Crippen LogP contribution in [-0.4, -0.2) is 36.0 Å². The number of carbonyl (C=O) groups excluding carboxylic acids is 3. The van der Waals surface area contributed by atoms with Crippen LogP contribution in [0.3, 0.4) is 0 Å². The highest BCUT2D eigenvalue weighted by molar-refractivity contribution is 5.93. The van der Waals surface area contributed by atoms with Crippen molar-refractivity contribution < 1.29 is 14.4 Å². The summed E-state index contributed by atoms with van der Waals surface area (Å²) < 4.78 is 0. The van der Waals surface area contributed by atoms with Gasteiger partial charge in [0, 0.05) is 13.0 Å². The van der Waals surface area contributed by atoms with Gasteiger partial charge in [0.2, 0.25) is 12.0 Å². The normalized spacial score (nSPS) is 10.2. The van der Waals surface area contributed by atoms with Crippen LogP contribution in [0.5, 0.6) is 0 Å². The number of imide groups is 1. The number of hydrogen-bond acceptors (Lipinski definition) is 4. The van der Waals surface area contributed by atoms with Gasteiger partial charge in [-0.25, -0.2) is 14.6 Å². The Hall–Kier alpha value is -1.68. The molecule has 6 heteroatoms. The molecule has 0 aromatic rings. The van der Waals surface area contributed by atoms with E-state index in [1.54, 1.807) is 0 Å². The van der Waals surface area contributed by atoms with Crippen molar-refractivity contribution in [1.82, 2.24) is 4.90 Å².